The average molecular weight is 266 g/mol. The molecule has 2 N–H and O–H groups in total. The first kappa shape index (κ1) is 13.3. The Hall–Kier alpha value is -2.09. The van der Waals surface area contributed by atoms with Crippen molar-refractivity contribution in [1.29, 1.82) is 0 Å². The number of hydrogen-bond acceptors (Lipinski definition) is 5. The normalized spacial score (nSPS) is 11.2. The largest absolute Gasteiger partial charge is 0.344 e. The molecule has 0 aliphatic carbocycles. The molecule has 0 atom stereocenters. The van der Waals surface area contributed by atoms with Crippen molar-refractivity contribution in [1.82, 2.24) is 24.4 Å². The summed E-state index contributed by atoms with van der Waals surface area (Å²) in [4.78, 5) is 33.0. The lowest BCUT2D eigenvalue weighted by atomic mass is 10.5. The Bertz CT molecular complexity index is 710. The number of rotatable bonds is 4. The maximum Gasteiger partial charge on any atom is 0.332 e. The van der Waals surface area contributed by atoms with Gasteiger partial charge in [0.1, 0.15) is 0 Å². The summed E-state index contributed by atoms with van der Waals surface area (Å²) in [5.74, 6) is 0.573. The van der Waals surface area contributed by atoms with E-state index in [1.54, 1.807) is 7.05 Å². The number of nitrogens with one attached hydrogen (secondary N) is 2. The molecule has 8 nitrogen and oxygen atoms in total. The molecule has 0 aromatic carbocycles. The van der Waals surface area contributed by atoms with E-state index in [0.29, 0.717) is 17.1 Å². The highest BCUT2D eigenvalue weighted by Gasteiger charge is 2.14. The molecule has 8 heteroatoms. The van der Waals surface area contributed by atoms with Crippen LogP contribution >= 0.6 is 0 Å². The molecular formula is C11H18N6O2. The molecule has 2 heterocycles. The summed E-state index contributed by atoms with van der Waals surface area (Å²) in [6, 6.07) is 0. The second-order valence-electron chi connectivity index (χ2n) is 4.49. The molecule has 2 aromatic rings. The third-order valence-electron chi connectivity index (χ3n) is 3.14. The third kappa shape index (κ3) is 2.14. The van der Waals surface area contributed by atoms with E-state index in [-0.39, 0.29) is 11.2 Å². The topological polar surface area (TPSA) is 88.0 Å². The number of fused-ring (bicyclic) bond motifs is 1. The molecular weight excluding hydrogens is 248 g/mol. The number of aromatic amines is 1. The molecule has 0 spiro atoms. The summed E-state index contributed by atoms with van der Waals surface area (Å²) in [5.41, 5.74) is -0.0254. The van der Waals surface area contributed by atoms with Crippen LogP contribution in [0.25, 0.3) is 11.2 Å². The smallest absolute Gasteiger partial charge is 0.332 e. The van der Waals surface area contributed by atoms with E-state index in [4.69, 9.17) is 0 Å². The minimum atomic E-state index is -0.381. The fraction of sp³-hybridized carbons (Fsp3) is 0.545. The second kappa shape index (κ2) is 4.88. The van der Waals surface area contributed by atoms with E-state index < -0.39 is 0 Å². The molecule has 0 bridgehead atoms. The van der Waals surface area contributed by atoms with Crippen LogP contribution in [0.2, 0.25) is 0 Å². The zero-order chi connectivity index (χ0) is 14.2. The van der Waals surface area contributed by atoms with Crippen LogP contribution in [0.1, 0.15) is 0 Å². The number of aromatic nitrogens is 4. The number of anilines is 1. The lowest BCUT2D eigenvalue weighted by molar-refractivity contribution is 0.708. The predicted molar refractivity (Wildman–Crippen MR) is 73.8 cm³/mol. The quantitative estimate of drug-likeness (QED) is 0.712. The van der Waals surface area contributed by atoms with E-state index in [9.17, 15) is 9.59 Å². The lowest BCUT2D eigenvalue weighted by Crippen LogP contribution is -2.36. The Morgan fingerprint density at radius 2 is 2.00 bits per heavy atom. The van der Waals surface area contributed by atoms with Gasteiger partial charge in [0.25, 0.3) is 5.56 Å². The summed E-state index contributed by atoms with van der Waals surface area (Å²) >= 11 is 0. The van der Waals surface area contributed by atoms with Crippen LogP contribution in [-0.2, 0) is 14.1 Å². The Balaban J connectivity index is 2.58. The minimum Gasteiger partial charge on any atom is -0.344 e. The van der Waals surface area contributed by atoms with Gasteiger partial charge >= 0.3 is 5.69 Å². The molecule has 0 amide bonds. The second-order valence-corrected chi connectivity index (χ2v) is 4.49. The molecule has 0 saturated carbocycles. The first-order chi connectivity index (χ1) is 8.97. The van der Waals surface area contributed by atoms with Crippen molar-refractivity contribution in [2.75, 3.05) is 32.1 Å². The fourth-order valence-corrected chi connectivity index (χ4v) is 1.88. The van der Waals surface area contributed by atoms with Gasteiger partial charge in [-0.2, -0.15) is 4.98 Å². The first-order valence-electron chi connectivity index (χ1n) is 5.98. The summed E-state index contributed by atoms with van der Waals surface area (Å²) in [6.45, 7) is 1.54. The van der Waals surface area contributed by atoms with Crippen LogP contribution in [0, 0.1) is 0 Å². The lowest BCUT2D eigenvalue weighted by Gasteiger charge is -2.14. The van der Waals surface area contributed by atoms with Gasteiger partial charge in [0.05, 0.1) is 0 Å². The molecule has 0 saturated heterocycles. The zero-order valence-corrected chi connectivity index (χ0v) is 11.5. The molecule has 104 valence electrons. The Morgan fingerprint density at radius 3 is 2.63 bits per heavy atom. The first-order valence-corrected chi connectivity index (χ1v) is 5.98. The van der Waals surface area contributed by atoms with Gasteiger partial charge in [0, 0.05) is 34.2 Å². The van der Waals surface area contributed by atoms with Crippen molar-refractivity contribution in [2.45, 2.75) is 0 Å². The number of likely N-dealkylation sites (N-methyl/N-ethyl adjacent to an activating group) is 2. The van der Waals surface area contributed by atoms with Crippen molar-refractivity contribution in [3.8, 4) is 0 Å². The number of aryl methyl sites for hydroxylation is 1. The highest BCUT2D eigenvalue weighted by molar-refractivity contribution is 5.72. The summed E-state index contributed by atoms with van der Waals surface area (Å²) < 4.78 is 2.43. The van der Waals surface area contributed by atoms with Gasteiger partial charge in [-0.15, -0.1) is 0 Å². The van der Waals surface area contributed by atoms with Crippen molar-refractivity contribution >= 4 is 17.1 Å². The van der Waals surface area contributed by atoms with Crippen LogP contribution in [0.4, 0.5) is 5.95 Å². The van der Waals surface area contributed by atoms with Crippen LogP contribution < -0.4 is 21.5 Å². The van der Waals surface area contributed by atoms with E-state index in [1.807, 2.05) is 19.0 Å². The minimum absolute atomic E-state index is 0.343. The zero-order valence-electron chi connectivity index (χ0n) is 11.5. The Kier molecular flexibility index (Phi) is 3.43. The SMILES string of the molecule is CNCCN(C)c1nc2c([nH]1)c(=O)n(C)c(=O)n2C. The number of nitrogens with zero attached hydrogens (tertiary/aromatic N) is 4. The Morgan fingerprint density at radius 1 is 1.32 bits per heavy atom. The summed E-state index contributed by atoms with van der Waals surface area (Å²) in [7, 11) is 6.79. The van der Waals surface area contributed by atoms with Gasteiger partial charge < -0.3 is 15.2 Å². The molecule has 2 rings (SSSR count). The van der Waals surface area contributed by atoms with Crippen LogP contribution in [0.5, 0.6) is 0 Å². The van der Waals surface area contributed by atoms with Crippen LogP contribution in [-0.4, -0.2) is 46.3 Å². The van der Waals surface area contributed by atoms with Crippen molar-refractivity contribution in [3.63, 3.8) is 0 Å². The maximum absolute atomic E-state index is 12.0. The number of H-pyrrole nitrogens is 1. The maximum atomic E-state index is 12.0. The van der Waals surface area contributed by atoms with E-state index in [1.165, 1.54) is 11.6 Å². The summed E-state index contributed by atoms with van der Waals surface area (Å²) in [5, 5.41) is 3.04. The Labute approximate surface area is 109 Å². The number of imidazole rings is 1. The van der Waals surface area contributed by atoms with Gasteiger partial charge in [-0.25, -0.2) is 4.79 Å². The fourth-order valence-electron chi connectivity index (χ4n) is 1.88. The van der Waals surface area contributed by atoms with Gasteiger partial charge in [0.2, 0.25) is 5.95 Å². The van der Waals surface area contributed by atoms with Crippen molar-refractivity contribution < 1.29 is 0 Å². The molecule has 0 unspecified atom stereocenters. The van der Waals surface area contributed by atoms with Gasteiger partial charge in [-0.1, -0.05) is 0 Å². The van der Waals surface area contributed by atoms with E-state index >= 15 is 0 Å². The van der Waals surface area contributed by atoms with E-state index in [2.05, 4.69) is 15.3 Å². The van der Waals surface area contributed by atoms with Gasteiger partial charge in [0.15, 0.2) is 11.2 Å². The molecule has 0 aliphatic rings. The number of hydrogen-bond donors (Lipinski definition) is 2. The van der Waals surface area contributed by atoms with Gasteiger partial charge in [-0.3, -0.25) is 13.9 Å². The van der Waals surface area contributed by atoms with Gasteiger partial charge in [-0.05, 0) is 7.05 Å². The highest BCUT2D eigenvalue weighted by atomic mass is 16.2. The van der Waals surface area contributed by atoms with E-state index in [0.717, 1.165) is 17.7 Å². The molecule has 19 heavy (non-hydrogen) atoms. The van der Waals surface area contributed by atoms with Crippen molar-refractivity contribution in [3.05, 3.63) is 20.8 Å². The monoisotopic (exact) mass is 266 g/mol. The van der Waals surface area contributed by atoms with Crippen LogP contribution in [0.3, 0.4) is 0 Å². The van der Waals surface area contributed by atoms with Crippen molar-refractivity contribution in [2.24, 2.45) is 14.1 Å². The third-order valence-corrected chi connectivity index (χ3v) is 3.14. The molecule has 0 aliphatic heterocycles. The molecule has 0 fully saturated rings. The molecule has 0 radical (unpaired) electrons. The standard InChI is InChI=1S/C11H18N6O2/c1-12-5-6-15(2)10-13-7-8(14-10)16(3)11(19)17(4)9(7)18/h12H,5-6H2,1-4H3,(H,13,14). The van der Waals surface area contributed by atoms with Crippen LogP contribution in [0.15, 0.2) is 9.59 Å². The highest BCUT2D eigenvalue weighted by Crippen LogP contribution is 2.11. The summed E-state index contributed by atoms with van der Waals surface area (Å²) in [6.07, 6.45) is 0. The average Bonchev–Trinajstić information content (AvgIpc) is 2.85. The predicted octanol–water partition coefficient (Wildman–Crippen LogP) is -1.38. The molecule has 2 aromatic heterocycles.